The Hall–Kier alpha value is -3.89. The van der Waals surface area contributed by atoms with Crippen LogP contribution in [-0.2, 0) is 32.0 Å². The third kappa shape index (κ3) is 6.70. The molecule has 0 spiro atoms. The molecule has 1 amide bonds. The van der Waals surface area contributed by atoms with Crippen LogP contribution in [0.15, 0.2) is 60.8 Å². The van der Waals surface area contributed by atoms with Crippen LogP contribution < -0.4 is 10.6 Å². The predicted molar refractivity (Wildman–Crippen MR) is 140 cm³/mol. The first kappa shape index (κ1) is 27.2. The highest BCUT2D eigenvalue weighted by Gasteiger charge is 2.42. The molecule has 1 saturated heterocycles. The SMILES string of the molecule is CC(C)(C)OC(=O)n1cc(C[C@H](NC2(CNC(=O)OCc3ccccc3)COC2)C(=O)O)c2ccccc21. The molecule has 1 fully saturated rings. The number of rotatable bonds is 9. The van der Waals surface area contributed by atoms with Gasteiger partial charge in [0.1, 0.15) is 18.2 Å². The van der Waals surface area contributed by atoms with Gasteiger partial charge in [0.25, 0.3) is 0 Å². The van der Waals surface area contributed by atoms with Gasteiger partial charge in [-0.25, -0.2) is 9.59 Å². The second-order valence-corrected chi connectivity index (χ2v) is 10.4. The number of carboxylic acids is 1. The summed E-state index contributed by atoms with van der Waals surface area (Å²) in [5.41, 5.74) is 0.721. The highest BCUT2D eigenvalue weighted by atomic mass is 16.6. The molecule has 0 bridgehead atoms. The molecule has 0 aliphatic carbocycles. The highest BCUT2D eigenvalue weighted by Crippen LogP contribution is 2.25. The first-order valence-electron chi connectivity index (χ1n) is 12.4. The normalized spacial score (nSPS) is 15.3. The lowest BCUT2D eigenvalue weighted by molar-refractivity contribution is -0.143. The quantitative estimate of drug-likeness (QED) is 0.387. The molecule has 3 aromatic rings. The van der Waals surface area contributed by atoms with Gasteiger partial charge in [-0.3, -0.25) is 14.7 Å². The minimum atomic E-state index is -1.06. The first-order chi connectivity index (χ1) is 18.1. The fraction of sp³-hybridized carbons (Fsp3) is 0.393. The number of alkyl carbamates (subject to hydrolysis) is 1. The topological polar surface area (TPSA) is 128 Å². The van der Waals surface area contributed by atoms with Crippen molar-refractivity contribution in [2.45, 2.75) is 51.0 Å². The Labute approximate surface area is 220 Å². The smallest absolute Gasteiger partial charge is 0.419 e. The molecular formula is C28H33N3O7. The van der Waals surface area contributed by atoms with Gasteiger partial charge in [0, 0.05) is 24.5 Å². The highest BCUT2D eigenvalue weighted by molar-refractivity contribution is 5.92. The van der Waals surface area contributed by atoms with Crippen molar-refractivity contribution in [3.63, 3.8) is 0 Å². The third-order valence-corrected chi connectivity index (χ3v) is 6.13. The summed E-state index contributed by atoms with van der Waals surface area (Å²) in [5.74, 6) is -1.06. The van der Waals surface area contributed by atoms with Crippen molar-refractivity contribution in [2.75, 3.05) is 19.8 Å². The molecule has 1 aromatic heterocycles. The van der Waals surface area contributed by atoms with Crippen molar-refractivity contribution in [1.82, 2.24) is 15.2 Å². The van der Waals surface area contributed by atoms with Crippen LogP contribution in [0.2, 0.25) is 0 Å². The Morgan fingerprint density at radius 3 is 2.39 bits per heavy atom. The molecule has 3 N–H and O–H groups in total. The van der Waals surface area contributed by atoms with E-state index in [4.69, 9.17) is 14.2 Å². The Morgan fingerprint density at radius 2 is 1.76 bits per heavy atom. The molecule has 0 unspecified atom stereocenters. The number of ether oxygens (including phenoxy) is 3. The molecule has 0 radical (unpaired) electrons. The van der Waals surface area contributed by atoms with Gasteiger partial charge in [0.15, 0.2) is 0 Å². The Kier molecular flexibility index (Phi) is 8.03. The molecule has 1 aliphatic rings. The number of nitrogens with zero attached hydrogens (tertiary/aromatic N) is 1. The van der Waals surface area contributed by atoms with Gasteiger partial charge >= 0.3 is 18.2 Å². The van der Waals surface area contributed by atoms with Gasteiger partial charge in [0.05, 0.1) is 24.3 Å². The number of nitrogens with one attached hydrogen (secondary N) is 2. The number of aliphatic carboxylic acids is 1. The van der Waals surface area contributed by atoms with Crippen molar-refractivity contribution < 1.29 is 33.7 Å². The lowest BCUT2D eigenvalue weighted by atomic mass is 9.94. The summed E-state index contributed by atoms with van der Waals surface area (Å²) >= 11 is 0. The van der Waals surface area contributed by atoms with Gasteiger partial charge in [-0.2, -0.15) is 0 Å². The summed E-state index contributed by atoms with van der Waals surface area (Å²) in [4.78, 5) is 37.4. The van der Waals surface area contributed by atoms with E-state index in [0.717, 1.165) is 10.9 Å². The number of aromatic nitrogens is 1. The molecule has 10 nitrogen and oxygen atoms in total. The average molecular weight is 524 g/mol. The van der Waals surface area contributed by atoms with Crippen LogP contribution in [0.4, 0.5) is 9.59 Å². The number of amides is 1. The van der Waals surface area contributed by atoms with Crippen molar-refractivity contribution in [3.05, 3.63) is 71.9 Å². The molecule has 1 aliphatic heterocycles. The summed E-state index contributed by atoms with van der Waals surface area (Å²) in [5, 5.41) is 16.7. The van der Waals surface area contributed by atoms with Crippen molar-refractivity contribution in [1.29, 1.82) is 0 Å². The number of hydrogen-bond donors (Lipinski definition) is 3. The van der Waals surface area contributed by atoms with Gasteiger partial charge in [0.2, 0.25) is 0 Å². The lowest BCUT2D eigenvalue weighted by Gasteiger charge is -2.43. The van der Waals surface area contributed by atoms with Crippen molar-refractivity contribution in [2.24, 2.45) is 0 Å². The first-order valence-corrected chi connectivity index (χ1v) is 12.4. The second kappa shape index (κ2) is 11.2. The Balaban J connectivity index is 1.44. The third-order valence-electron chi connectivity index (χ3n) is 6.13. The molecule has 4 rings (SSSR count). The van der Waals surface area contributed by atoms with Gasteiger partial charge in [-0.15, -0.1) is 0 Å². The minimum absolute atomic E-state index is 0.103. The molecule has 202 valence electrons. The standard InChI is InChI=1S/C28H33N3O7/c1-27(2,3)38-26(35)31-14-20(21-11-7-8-12-23(21)31)13-22(24(32)33)30-28(17-36-18-28)16-29-25(34)37-15-19-9-5-4-6-10-19/h4-12,14,22,30H,13,15-18H2,1-3H3,(H,29,34)(H,32,33)/t22-/m0/s1. The van der Waals surface area contributed by atoms with Gasteiger partial charge in [-0.05, 0) is 38.0 Å². The number of benzene rings is 2. The minimum Gasteiger partial charge on any atom is -0.480 e. The predicted octanol–water partition coefficient (Wildman–Crippen LogP) is 3.71. The largest absolute Gasteiger partial charge is 0.480 e. The van der Waals surface area contributed by atoms with Crippen LogP contribution in [0.3, 0.4) is 0 Å². The molecular weight excluding hydrogens is 490 g/mol. The summed E-state index contributed by atoms with van der Waals surface area (Å²) in [6, 6.07) is 15.6. The van der Waals surface area contributed by atoms with Crippen LogP contribution in [0.25, 0.3) is 10.9 Å². The summed E-state index contributed by atoms with van der Waals surface area (Å²) in [7, 11) is 0. The summed E-state index contributed by atoms with van der Waals surface area (Å²) in [6.07, 6.45) is 0.585. The lowest BCUT2D eigenvalue weighted by Crippen LogP contribution is -2.69. The van der Waals surface area contributed by atoms with Crippen LogP contribution in [0.5, 0.6) is 0 Å². The maximum Gasteiger partial charge on any atom is 0.419 e. The van der Waals surface area contributed by atoms with E-state index in [1.807, 2.05) is 48.5 Å². The number of carbonyl (C=O) groups is 3. The fourth-order valence-corrected chi connectivity index (χ4v) is 4.26. The molecule has 2 heterocycles. The number of hydrogen-bond acceptors (Lipinski definition) is 7. The zero-order valence-corrected chi connectivity index (χ0v) is 21.7. The summed E-state index contributed by atoms with van der Waals surface area (Å²) < 4.78 is 17.6. The number of fused-ring (bicyclic) bond motifs is 1. The number of para-hydroxylation sites is 1. The van der Waals surface area contributed by atoms with E-state index in [0.29, 0.717) is 11.1 Å². The molecule has 2 aromatic carbocycles. The van der Waals surface area contributed by atoms with E-state index in [2.05, 4.69) is 10.6 Å². The zero-order chi connectivity index (χ0) is 27.3. The number of carbonyl (C=O) groups excluding carboxylic acids is 2. The maximum atomic E-state index is 12.8. The van der Waals surface area contributed by atoms with E-state index in [1.165, 1.54) is 4.57 Å². The Morgan fingerprint density at radius 1 is 1.08 bits per heavy atom. The van der Waals surface area contributed by atoms with E-state index in [-0.39, 0.29) is 32.8 Å². The van der Waals surface area contributed by atoms with E-state index in [9.17, 15) is 19.5 Å². The van der Waals surface area contributed by atoms with Gasteiger partial charge < -0.3 is 24.6 Å². The van der Waals surface area contributed by atoms with Crippen LogP contribution in [-0.4, -0.2) is 64.8 Å². The van der Waals surface area contributed by atoms with E-state index < -0.39 is 35.3 Å². The van der Waals surface area contributed by atoms with E-state index >= 15 is 0 Å². The second-order valence-electron chi connectivity index (χ2n) is 10.4. The Bertz CT molecular complexity index is 1290. The molecule has 1 atom stereocenters. The zero-order valence-electron chi connectivity index (χ0n) is 21.7. The molecule has 10 heteroatoms. The molecule has 0 saturated carbocycles. The van der Waals surface area contributed by atoms with Gasteiger partial charge in [-0.1, -0.05) is 48.5 Å². The molecule has 38 heavy (non-hydrogen) atoms. The summed E-state index contributed by atoms with van der Waals surface area (Å²) in [6.45, 7) is 6.08. The number of carboxylic acid groups (broad SMARTS) is 1. The van der Waals surface area contributed by atoms with Crippen LogP contribution in [0, 0.1) is 0 Å². The fourth-order valence-electron chi connectivity index (χ4n) is 4.26. The maximum absolute atomic E-state index is 12.8. The monoisotopic (exact) mass is 523 g/mol. The van der Waals surface area contributed by atoms with Crippen molar-refractivity contribution >= 4 is 29.1 Å². The average Bonchev–Trinajstić information content (AvgIpc) is 3.21. The van der Waals surface area contributed by atoms with Crippen molar-refractivity contribution in [3.8, 4) is 0 Å². The van der Waals surface area contributed by atoms with Crippen LogP contribution in [0.1, 0.15) is 31.9 Å². The van der Waals surface area contributed by atoms with E-state index in [1.54, 1.807) is 33.0 Å². The van der Waals surface area contributed by atoms with Crippen LogP contribution >= 0.6 is 0 Å².